The molecule has 0 atom stereocenters. The predicted molar refractivity (Wildman–Crippen MR) is 59.1 cm³/mol. The summed E-state index contributed by atoms with van der Waals surface area (Å²) in [7, 11) is 0. The molecule has 0 fully saturated rings. The number of furan rings is 1. The van der Waals surface area contributed by atoms with Crippen LogP contribution in [0.25, 0.3) is 11.5 Å². The Balaban J connectivity index is 2.70. The van der Waals surface area contributed by atoms with Crippen LogP contribution in [0, 0.1) is 10.1 Å². The Hall–Kier alpha value is -1.47. The number of nitro groups is 1. The maximum absolute atomic E-state index is 10.8. The highest BCUT2D eigenvalue weighted by Crippen LogP contribution is 2.36. The summed E-state index contributed by atoms with van der Waals surface area (Å²) in [6.07, 6.45) is 2.53. The van der Waals surface area contributed by atoms with Crippen molar-refractivity contribution in [3.05, 3.63) is 38.4 Å². The van der Waals surface area contributed by atoms with Gasteiger partial charge >= 0.3 is 5.69 Å². The van der Waals surface area contributed by atoms with Gasteiger partial charge < -0.3 is 4.42 Å². The molecule has 6 nitrogen and oxygen atoms in total. The molecule has 2 rings (SSSR count). The third-order valence-electron chi connectivity index (χ3n) is 1.79. The second kappa shape index (κ2) is 4.18. The van der Waals surface area contributed by atoms with Gasteiger partial charge in [-0.05, 0) is 22.0 Å². The van der Waals surface area contributed by atoms with Crippen molar-refractivity contribution in [3.63, 3.8) is 0 Å². The number of hydrogen-bond donors (Lipinski definition) is 0. The van der Waals surface area contributed by atoms with E-state index in [0.29, 0.717) is 4.47 Å². The van der Waals surface area contributed by atoms with Gasteiger partial charge in [0, 0.05) is 0 Å². The smallest absolute Gasteiger partial charge is 0.335 e. The van der Waals surface area contributed by atoms with Crippen LogP contribution in [-0.2, 0) is 0 Å². The Morgan fingerprint density at radius 3 is 2.81 bits per heavy atom. The molecule has 0 amide bonds. The normalized spacial score (nSPS) is 10.4. The van der Waals surface area contributed by atoms with Crippen molar-refractivity contribution in [1.82, 2.24) is 9.97 Å². The van der Waals surface area contributed by atoms with E-state index in [1.165, 1.54) is 6.26 Å². The van der Waals surface area contributed by atoms with Crippen molar-refractivity contribution < 1.29 is 9.34 Å². The molecule has 2 aromatic rings. The molecule has 0 aliphatic rings. The third-order valence-corrected chi connectivity index (χ3v) is 2.69. The fourth-order valence-corrected chi connectivity index (χ4v) is 1.74. The number of nitrogens with zero attached hydrogens (tertiary/aromatic N) is 3. The largest absolute Gasteiger partial charge is 0.461 e. The Kier molecular flexibility index (Phi) is 2.88. The zero-order valence-corrected chi connectivity index (χ0v) is 9.90. The van der Waals surface area contributed by atoms with Gasteiger partial charge in [0.2, 0.25) is 5.15 Å². The summed E-state index contributed by atoms with van der Waals surface area (Å²) in [6.45, 7) is 0. The van der Waals surface area contributed by atoms with Gasteiger partial charge in [-0.3, -0.25) is 10.1 Å². The van der Waals surface area contributed by atoms with E-state index in [0.717, 1.165) is 6.33 Å². The lowest BCUT2D eigenvalue weighted by atomic mass is 10.3. The second-order valence-corrected chi connectivity index (χ2v) is 3.93. The molecule has 2 heterocycles. The Labute approximate surface area is 103 Å². The summed E-state index contributed by atoms with van der Waals surface area (Å²) in [5.41, 5.74) is -0.332. The van der Waals surface area contributed by atoms with Crippen LogP contribution >= 0.6 is 27.5 Å². The lowest BCUT2D eigenvalue weighted by Crippen LogP contribution is -1.97. The first-order valence-electron chi connectivity index (χ1n) is 3.99. The molecular weight excluding hydrogens is 301 g/mol. The van der Waals surface area contributed by atoms with Gasteiger partial charge in [0.15, 0.2) is 11.5 Å². The SMILES string of the molecule is O=[N+]([O-])c1c(Cl)ncnc1-c1occc1Br. The van der Waals surface area contributed by atoms with Crippen LogP contribution in [-0.4, -0.2) is 14.9 Å². The molecule has 0 aliphatic heterocycles. The maximum Gasteiger partial charge on any atom is 0.335 e. The fourth-order valence-electron chi connectivity index (χ4n) is 1.15. The van der Waals surface area contributed by atoms with Crippen LogP contribution in [0.15, 0.2) is 27.5 Å². The second-order valence-electron chi connectivity index (χ2n) is 2.72. The van der Waals surface area contributed by atoms with Gasteiger partial charge in [0.25, 0.3) is 0 Å². The highest BCUT2D eigenvalue weighted by atomic mass is 79.9. The zero-order valence-electron chi connectivity index (χ0n) is 7.55. The topological polar surface area (TPSA) is 82.1 Å². The van der Waals surface area contributed by atoms with Gasteiger partial charge in [0.05, 0.1) is 15.7 Å². The van der Waals surface area contributed by atoms with Crippen molar-refractivity contribution >= 4 is 33.2 Å². The number of halogens is 2. The minimum absolute atomic E-state index is 0.0434. The summed E-state index contributed by atoms with van der Waals surface area (Å²) in [5, 5.41) is 10.6. The summed E-state index contributed by atoms with van der Waals surface area (Å²) in [5.74, 6) is 0.246. The van der Waals surface area contributed by atoms with E-state index in [-0.39, 0.29) is 22.3 Å². The average Bonchev–Trinajstić information content (AvgIpc) is 2.63. The van der Waals surface area contributed by atoms with Gasteiger partial charge in [0.1, 0.15) is 6.33 Å². The Bertz CT molecular complexity index is 557. The maximum atomic E-state index is 10.8. The Morgan fingerprint density at radius 1 is 1.50 bits per heavy atom. The van der Waals surface area contributed by atoms with Crippen molar-refractivity contribution in [2.75, 3.05) is 0 Å². The molecular formula is C8H3BrClN3O3. The first-order chi connectivity index (χ1) is 7.61. The van der Waals surface area contributed by atoms with Gasteiger partial charge in [-0.2, -0.15) is 0 Å². The van der Waals surface area contributed by atoms with E-state index in [2.05, 4.69) is 25.9 Å². The first kappa shape index (κ1) is 11.0. The molecule has 82 valence electrons. The average molecular weight is 304 g/mol. The minimum atomic E-state index is -0.646. The van der Waals surface area contributed by atoms with Crippen molar-refractivity contribution in [2.24, 2.45) is 0 Å². The van der Waals surface area contributed by atoms with Crippen LogP contribution < -0.4 is 0 Å². The molecule has 0 aromatic carbocycles. The first-order valence-corrected chi connectivity index (χ1v) is 5.16. The van der Waals surface area contributed by atoms with Crippen LogP contribution in [0.5, 0.6) is 0 Å². The highest BCUT2D eigenvalue weighted by molar-refractivity contribution is 9.10. The molecule has 8 heteroatoms. The van der Waals surface area contributed by atoms with Gasteiger partial charge in [-0.1, -0.05) is 11.6 Å². The molecule has 0 bridgehead atoms. The van der Waals surface area contributed by atoms with E-state index in [1.54, 1.807) is 6.07 Å². The Morgan fingerprint density at radius 2 is 2.25 bits per heavy atom. The highest BCUT2D eigenvalue weighted by Gasteiger charge is 2.25. The lowest BCUT2D eigenvalue weighted by Gasteiger charge is -1.99. The van der Waals surface area contributed by atoms with Gasteiger partial charge in [-0.25, -0.2) is 9.97 Å². The predicted octanol–water partition coefficient (Wildman–Crippen LogP) is 3.06. The molecule has 16 heavy (non-hydrogen) atoms. The molecule has 2 aromatic heterocycles. The molecule has 0 saturated carbocycles. The summed E-state index contributed by atoms with van der Waals surface area (Å²) in [6, 6.07) is 1.61. The molecule has 0 N–H and O–H groups in total. The number of rotatable bonds is 2. The van der Waals surface area contributed by atoms with Crippen molar-refractivity contribution in [3.8, 4) is 11.5 Å². The van der Waals surface area contributed by atoms with Crippen LogP contribution in [0.4, 0.5) is 5.69 Å². The standard InChI is InChI=1S/C8H3BrClN3O3/c9-4-1-2-16-7(4)5-6(13(14)15)8(10)12-3-11-5/h1-3H. The molecule has 0 spiro atoms. The lowest BCUT2D eigenvalue weighted by molar-refractivity contribution is -0.384. The van der Waals surface area contributed by atoms with Gasteiger partial charge in [-0.15, -0.1) is 0 Å². The molecule has 0 aliphatic carbocycles. The molecule has 0 radical (unpaired) electrons. The fraction of sp³-hybridized carbons (Fsp3) is 0. The summed E-state index contributed by atoms with van der Waals surface area (Å²) >= 11 is 8.83. The van der Waals surface area contributed by atoms with Crippen LogP contribution in [0.2, 0.25) is 5.15 Å². The van der Waals surface area contributed by atoms with E-state index >= 15 is 0 Å². The number of aromatic nitrogens is 2. The molecule has 0 saturated heterocycles. The van der Waals surface area contributed by atoms with Crippen LogP contribution in [0.3, 0.4) is 0 Å². The summed E-state index contributed by atoms with van der Waals surface area (Å²) < 4.78 is 5.66. The van der Waals surface area contributed by atoms with Crippen molar-refractivity contribution in [1.29, 1.82) is 0 Å². The van der Waals surface area contributed by atoms with E-state index < -0.39 is 4.92 Å². The van der Waals surface area contributed by atoms with E-state index in [1.807, 2.05) is 0 Å². The quantitative estimate of drug-likeness (QED) is 0.484. The van der Waals surface area contributed by atoms with E-state index in [9.17, 15) is 10.1 Å². The summed E-state index contributed by atoms with van der Waals surface area (Å²) in [4.78, 5) is 17.5. The van der Waals surface area contributed by atoms with E-state index in [4.69, 9.17) is 16.0 Å². The third kappa shape index (κ3) is 1.79. The number of hydrogen-bond acceptors (Lipinski definition) is 5. The zero-order chi connectivity index (χ0) is 11.7. The molecule has 0 unspecified atom stereocenters. The monoisotopic (exact) mass is 303 g/mol. The minimum Gasteiger partial charge on any atom is -0.461 e. The van der Waals surface area contributed by atoms with Crippen molar-refractivity contribution in [2.45, 2.75) is 0 Å². The van der Waals surface area contributed by atoms with Crippen LogP contribution in [0.1, 0.15) is 0 Å².